The van der Waals surface area contributed by atoms with Gasteiger partial charge in [-0.15, -0.1) is 0 Å². The Morgan fingerprint density at radius 3 is 2.27 bits per heavy atom. The number of hydrogen-bond donors (Lipinski definition) is 3. The normalized spacial score (nSPS) is 21.8. The summed E-state index contributed by atoms with van der Waals surface area (Å²) in [6, 6.07) is 0. The highest BCUT2D eigenvalue weighted by Gasteiger charge is 1.90. The Hall–Kier alpha value is -0.650. The third-order valence-electron chi connectivity index (χ3n) is 1.27. The van der Waals surface area contributed by atoms with Crippen LogP contribution in [0.1, 0.15) is 6.42 Å². The molecule has 0 amide bonds. The molecule has 0 unspecified atom stereocenters. The minimum atomic E-state index is 0.778. The molecule has 5 heteroatoms. The van der Waals surface area contributed by atoms with Crippen LogP contribution in [0, 0.1) is 0 Å². The number of nitrogens with one attached hydrogen (secondary N) is 3. The number of nitrogens with zero attached hydrogens (tertiary/aromatic N) is 1. The van der Waals surface area contributed by atoms with Crippen molar-refractivity contribution in [3.8, 4) is 0 Å². The largest absolute Gasteiger partial charge is 0.482 e. The van der Waals surface area contributed by atoms with Crippen molar-refractivity contribution in [3.63, 3.8) is 0 Å². The van der Waals surface area contributed by atoms with Crippen LogP contribution in [-0.4, -0.2) is 32.6 Å². The van der Waals surface area contributed by atoms with Crippen molar-refractivity contribution >= 4 is 6.40 Å². The third kappa shape index (κ3) is 4.72. The lowest BCUT2D eigenvalue weighted by Crippen LogP contribution is -2.49. The van der Waals surface area contributed by atoms with Crippen LogP contribution in [0.4, 0.5) is 0 Å². The van der Waals surface area contributed by atoms with E-state index in [1.165, 1.54) is 12.8 Å². The first-order valence-corrected chi connectivity index (χ1v) is 3.81. The number of hydrazine groups is 2. The molecule has 1 fully saturated rings. The average Bonchev–Trinajstić information content (AvgIpc) is 2.64. The molecule has 2 rings (SSSR count). The summed E-state index contributed by atoms with van der Waals surface area (Å²) in [6.07, 6.45) is 2.70. The van der Waals surface area contributed by atoms with Crippen molar-refractivity contribution in [2.75, 3.05) is 26.2 Å². The molecule has 0 aromatic rings. The van der Waals surface area contributed by atoms with E-state index in [9.17, 15) is 0 Å². The summed E-state index contributed by atoms with van der Waals surface area (Å²) in [6.45, 7) is 3.78. The van der Waals surface area contributed by atoms with E-state index >= 15 is 0 Å². The van der Waals surface area contributed by atoms with Gasteiger partial charge < -0.3 is 4.74 Å². The van der Waals surface area contributed by atoms with Crippen LogP contribution in [0.15, 0.2) is 4.99 Å². The van der Waals surface area contributed by atoms with Gasteiger partial charge in [0.15, 0.2) is 6.40 Å². The van der Waals surface area contributed by atoms with Gasteiger partial charge in [0.2, 0.25) is 0 Å². The molecule has 0 aromatic carbocycles. The fraction of sp³-hybridized carbons (Fsp3) is 0.833. The van der Waals surface area contributed by atoms with E-state index in [-0.39, 0.29) is 0 Å². The summed E-state index contributed by atoms with van der Waals surface area (Å²) in [7, 11) is 0. The van der Waals surface area contributed by atoms with Gasteiger partial charge in [-0.2, -0.15) is 5.53 Å². The minimum Gasteiger partial charge on any atom is -0.482 e. The SMILES string of the molecule is C1=NCCO1.C1CNNNC1. The summed E-state index contributed by atoms with van der Waals surface area (Å²) >= 11 is 0. The lowest BCUT2D eigenvalue weighted by atomic mass is 10.4. The Bertz CT molecular complexity index is 95.6. The van der Waals surface area contributed by atoms with E-state index < -0.39 is 0 Å². The van der Waals surface area contributed by atoms with Crippen LogP contribution >= 0.6 is 0 Å². The quantitative estimate of drug-likeness (QED) is 0.425. The molecule has 1 saturated heterocycles. The molecule has 0 aliphatic carbocycles. The van der Waals surface area contributed by atoms with Gasteiger partial charge in [0.05, 0.1) is 6.54 Å². The highest BCUT2D eigenvalue weighted by Crippen LogP contribution is 1.78. The zero-order valence-electron chi connectivity index (χ0n) is 6.47. The first kappa shape index (κ1) is 8.45. The maximum atomic E-state index is 4.65. The van der Waals surface area contributed by atoms with Crippen LogP contribution in [0.2, 0.25) is 0 Å². The van der Waals surface area contributed by atoms with Gasteiger partial charge in [-0.05, 0) is 6.42 Å². The predicted molar refractivity (Wildman–Crippen MR) is 43.1 cm³/mol. The second-order valence-corrected chi connectivity index (χ2v) is 2.21. The first-order chi connectivity index (χ1) is 5.50. The summed E-state index contributed by atoms with van der Waals surface area (Å²) in [5.41, 5.74) is 8.63. The number of ether oxygens (including phenoxy) is 1. The molecule has 0 radical (unpaired) electrons. The molecule has 2 aliphatic rings. The van der Waals surface area contributed by atoms with Gasteiger partial charge in [-0.1, -0.05) is 0 Å². The van der Waals surface area contributed by atoms with Crippen LogP contribution in [0.3, 0.4) is 0 Å². The molecule has 2 aliphatic heterocycles. The van der Waals surface area contributed by atoms with Gasteiger partial charge in [0, 0.05) is 13.1 Å². The predicted octanol–water partition coefficient (Wildman–Crippen LogP) is -0.966. The monoisotopic (exact) mass is 158 g/mol. The lowest BCUT2D eigenvalue weighted by Gasteiger charge is -2.12. The molecular formula is C6H14N4O. The van der Waals surface area contributed by atoms with Gasteiger partial charge >= 0.3 is 0 Å². The van der Waals surface area contributed by atoms with Crippen LogP contribution in [0.5, 0.6) is 0 Å². The maximum Gasteiger partial charge on any atom is 0.169 e. The molecule has 0 spiro atoms. The second kappa shape index (κ2) is 6.09. The molecule has 0 atom stereocenters. The first-order valence-electron chi connectivity index (χ1n) is 3.81. The number of hydrogen-bond acceptors (Lipinski definition) is 5. The molecule has 5 nitrogen and oxygen atoms in total. The van der Waals surface area contributed by atoms with E-state index in [1.54, 1.807) is 0 Å². The summed E-state index contributed by atoms with van der Waals surface area (Å²) in [5, 5.41) is 0. The van der Waals surface area contributed by atoms with Gasteiger partial charge in [-0.25, -0.2) is 10.9 Å². The van der Waals surface area contributed by atoms with E-state index in [0.717, 1.165) is 26.2 Å². The van der Waals surface area contributed by atoms with Crippen molar-refractivity contribution in [1.82, 2.24) is 16.4 Å². The minimum absolute atomic E-state index is 0.778. The number of rotatable bonds is 0. The fourth-order valence-electron chi connectivity index (χ4n) is 0.716. The zero-order chi connectivity index (χ0) is 7.78. The summed E-state index contributed by atoms with van der Waals surface area (Å²) < 4.78 is 4.65. The van der Waals surface area contributed by atoms with Gasteiger partial charge in [0.1, 0.15) is 6.61 Å². The van der Waals surface area contributed by atoms with Crippen LogP contribution in [-0.2, 0) is 4.74 Å². The maximum absolute atomic E-state index is 4.65. The Morgan fingerprint density at radius 1 is 1.27 bits per heavy atom. The lowest BCUT2D eigenvalue weighted by molar-refractivity contribution is 0.361. The Kier molecular flexibility index (Phi) is 4.67. The van der Waals surface area contributed by atoms with Crippen molar-refractivity contribution in [1.29, 1.82) is 0 Å². The molecule has 11 heavy (non-hydrogen) atoms. The van der Waals surface area contributed by atoms with Crippen LogP contribution < -0.4 is 16.4 Å². The molecular weight excluding hydrogens is 144 g/mol. The van der Waals surface area contributed by atoms with Crippen molar-refractivity contribution in [2.45, 2.75) is 6.42 Å². The molecule has 2 heterocycles. The van der Waals surface area contributed by atoms with Crippen LogP contribution in [0.25, 0.3) is 0 Å². The van der Waals surface area contributed by atoms with E-state index in [1.807, 2.05) is 0 Å². The summed E-state index contributed by atoms with van der Waals surface area (Å²) in [4.78, 5) is 3.74. The third-order valence-corrected chi connectivity index (χ3v) is 1.27. The van der Waals surface area contributed by atoms with Gasteiger partial charge in [-0.3, -0.25) is 4.99 Å². The fourth-order valence-corrected chi connectivity index (χ4v) is 0.716. The van der Waals surface area contributed by atoms with E-state index in [2.05, 4.69) is 26.1 Å². The molecule has 0 bridgehead atoms. The van der Waals surface area contributed by atoms with Crippen molar-refractivity contribution < 1.29 is 4.74 Å². The topological polar surface area (TPSA) is 57.7 Å². The smallest absolute Gasteiger partial charge is 0.169 e. The standard InChI is InChI=1S/C3H9N3.C3H5NO/c1-2-4-6-5-3-1;1-2-5-3-4-1/h4-6H,1-3H2;3H,1-2H2. The average molecular weight is 158 g/mol. The van der Waals surface area contributed by atoms with Gasteiger partial charge in [0.25, 0.3) is 0 Å². The molecule has 0 aromatic heterocycles. The Morgan fingerprint density at radius 2 is 2.09 bits per heavy atom. The second-order valence-electron chi connectivity index (χ2n) is 2.21. The molecule has 3 N–H and O–H groups in total. The van der Waals surface area contributed by atoms with E-state index in [0.29, 0.717) is 0 Å². The van der Waals surface area contributed by atoms with Crippen molar-refractivity contribution in [2.24, 2.45) is 4.99 Å². The van der Waals surface area contributed by atoms with E-state index in [4.69, 9.17) is 0 Å². The molecule has 0 saturated carbocycles. The van der Waals surface area contributed by atoms with Crippen molar-refractivity contribution in [3.05, 3.63) is 0 Å². The summed E-state index contributed by atoms with van der Waals surface area (Å²) in [5.74, 6) is 0. The Labute approximate surface area is 66.2 Å². The Balaban J connectivity index is 0.000000112. The molecule has 64 valence electrons. The zero-order valence-corrected chi connectivity index (χ0v) is 6.47. The highest BCUT2D eigenvalue weighted by atomic mass is 16.5. The number of aliphatic imine (C=N–C) groups is 1. The highest BCUT2D eigenvalue weighted by molar-refractivity contribution is 5.47.